The quantitative estimate of drug-likeness (QED) is 0.790. The average molecular weight is 287 g/mol. The van der Waals surface area contributed by atoms with Crippen molar-refractivity contribution in [3.8, 4) is 17.2 Å². The Morgan fingerprint density at radius 1 is 0.952 bits per heavy atom. The first-order chi connectivity index (χ1) is 10.2. The molecular weight excluding hydrogens is 266 g/mol. The lowest BCUT2D eigenvalue weighted by Gasteiger charge is -2.11. The summed E-state index contributed by atoms with van der Waals surface area (Å²) in [5.74, 6) is 2.38. The van der Waals surface area contributed by atoms with Crippen molar-refractivity contribution >= 4 is 5.69 Å². The van der Waals surface area contributed by atoms with Gasteiger partial charge in [-0.25, -0.2) is 0 Å². The molecule has 0 spiro atoms. The van der Waals surface area contributed by atoms with Crippen LogP contribution in [0.25, 0.3) is 0 Å². The summed E-state index contributed by atoms with van der Waals surface area (Å²) in [5.41, 5.74) is 7.36. The van der Waals surface area contributed by atoms with Crippen molar-refractivity contribution in [2.24, 2.45) is 0 Å². The molecule has 2 aromatic rings. The van der Waals surface area contributed by atoms with Crippen molar-refractivity contribution in [3.05, 3.63) is 48.0 Å². The van der Waals surface area contributed by atoms with E-state index >= 15 is 0 Å². The number of nitrogen functional groups attached to an aromatic ring is 1. The minimum atomic E-state index is 0.429. The van der Waals surface area contributed by atoms with Gasteiger partial charge in [-0.3, -0.25) is 0 Å². The van der Waals surface area contributed by atoms with Crippen LogP contribution in [0.5, 0.6) is 17.2 Å². The van der Waals surface area contributed by atoms with Gasteiger partial charge in [-0.15, -0.1) is 0 Å². The first-order valence-corrected chi connectivity index (χ1v) is 7.01. The third kappa shape index (κ3) is 4.31. The predicted molar refractivity (Wildman–Crippen MR) is 84.0 cm³/mol. The Labute approximate surface area is 125 Å². The number of methoxy groups -OCH3 is 1. The van der Waals surface area contributed by atoms with Gasteiger partial charge in [0.1, 0.15) is 23.9 Å². The summed E-state index contributed by atoms with van der Waals surface area (Å²) in [4.78, 5) is 0. The molecule has 0 unspecified atom stereocenters. The molecule has 0 aliphatic carbocycles. The Balaban J connectivity index is 1.96. The van der Waals surface area contributed by atoms with Gasteiger partial charge in [-0.1, -0.05) is 6.92 Å². The van der Waals surface area contributed by atoms with Gasteiger partial charge in [0.2, 0.25) is 0 Å². The van der Waals surface area contributed by atoms with Crippen LogP contribution in [0.1, 0.15) is 18.9 Å². The fourth-order valence-electron chi connectivity index (χ4n) is 1.89. The average Bonchev–Trinajstić information content (AvgIpc) is 2.52. The molecule has 2 N–H and O–H groups in total. The Morgan fingerprint density at radius 3 is 2.24 bits per heavy atom. The molecule has 2 rings (SSSR count). The van der Waals surface area contributed by atoms with Crippen molar-refractivity contribution in [2.45, 2.75) is 20.0 Å². The van der Waals surface area contributed by atoms with Crippen molar-refractivity contribution < 1.29 is 14.2 Å². The molecule has 0 bridgehead atoms. The number of rotatable bonds is 7. The van der Waals surface area contributed by atoms with Crippen LogP contribution in [0.4, 0.5) is 5.69 Å². The Kier molecular flexibility index (Phi) is 5.32. The second-order valence-corrected chi connectivity index (χ2v) is 4.68. The van der Waals surface area contributed by atoms with Crippen LogP contribution >= 0.6 is 0 Å². The van der Waals surface area contributed by atoms with E-state index in [0.717, 1.165) is 35.8 Å². The number of anilines is 1. The third-order valence-electron chi connectivity index (χ3n) is 3.00. The maximum Gasteiger partial charge on any atom is 0.127 e. The number of hydrogen-bond acceptors (Lipinski definition) is 4. The van der Waals surface area contributed by atoms with E-state index in [9.17, 15) is 0 Å². The highest BCUT2D eigenvalue weighted by Gasteiger charge is 2.04. The van der Waals surface area contributed by atoms with Gasteiger partial charge in [-0.05, 0) is 42.8 Å². The van der Waals surface area contributed by atoms with E-state index in [1.165, 1.54) is 0 Å². The Hall–Kier alpha value is -2.36. The Bertz CT molecular complexity index is 567. The minimum Gasteiger partial charge on any atom is -0.496 e. The summed E-state index contributed by atoms with van der Waals surface area (Å²) in [6.07, 6.45) is 0.995. The van der Waals surface area contributed by atoms with Gasteiger partial charge in [0.25, 0.3) is 0 Å². The number of benzene rings is 2. The lowest BCUT2D eigenvalue weighted by molar-refractivity contribution is 0.294. The zero-order chi connectivity index (χ0) is 15.1. The molecule has 0 amide bonds. The molecule has 4 nitrogen and oxygen atoms in total. The number of nitrogens with two attached hydrogens (primary N) is 1. The van der Waals surface area contributed by atoms with Crippen LogP contribution in [0.2, 0.25) is 0 Å². The van der Waals surface area contributed by atoms with Gasteiger partial charge >= 0.3 is 0 Å². The molecule has 0 aromatic heterocycles. The van der Waals surface area contributed by atoms with Crippen LogP contribution in [0.3, 0.4) is 0 Å². The summed E-state index contributed by atoms with van der Waals surface area (Å²) in [5, 5.41) is 0. The molecule has 0 aliphatic heterocycles. The smallest absolute Gasteiger partial charge is 0.127 e. The maximum absolute atomic E-state index is 5.76. The second-order valence-electron chi connectivity index (χ2n) is 4.68. The van der Waals surface area contributed by atoms with Gasteiger partial charge in [-0.2, -0.15) is 0 Å². The van der Waals surface area contributed by atoms with Crippen molar-refractivity contribution in [2.75, 3.05) is 19.5 Å². The largest absolute Gasteiger partial charge is 0.496 e. The van der Waals surface area contributed by atoms with E-state index in [1.54, 1.807) is 13.2 Å². The highest BCUT2D eigenvalue weighted by atomic mass is 16.5. The summed E-state index contributed by atoms with van der Waals surface area (Å²) >= 11 is 0. The zero-order valence-electron chi connectivity index (χ0n) is 12.5. The standard InChI is InChI=1S/C17H21NO3/c1-3-10-20-15-6-8-16(9-7-15)21-12-13-4-5-14(18)11-17(13)19-2/h4-9,11H,3,10,12,18H2,1-2H3. The van der Waals surface area contributed by atoms with E-state index < -0.39 is 0 Å². The monoisotopic (exact) mass is 287 g/mol. The van der Waals surface area contributed by atoms with Crippen LogP contribution in [0, 0.1) is 0 Å². The zero-order valence-corrected chi connectivity index (χ0v) is 12.5. The third-order valence-corrected chi connectivity index (χ3v) is 3.00. The van der Waals surface area contributed by atoms with Crippen LogP contribution in [-0.2, 0) is 6.61 Å². The molecular formula is C17H21NO3. The van der Waals surface area contributed by atoms with E-state index in [4.69, 9.17) is 19.9 Å². The van der Waals surface area contributed by atoms with Crippen LogP contribution < -0.4 is 19.9 Å². The van der Waals surface area contributed by atoms with E-state index in [1.807, 2.05) is 36.4 Å². The topological polar surface area (TPSA) is 53.7 Å². The molecule has 0 aliphatic rings. The van der Waals surface area contributed by atoms with Gasteiger partial charge in [0.05, 0.1) is 13.7 Å². The van der Waals surface area contributed by atoms with E-state index in [2.05, 4.69) is 6.92 Å². The molecule has 2 aromatic carbocycles. The maximum atomic E-state index is 5.76. The van der Waals surface area contributed by atoms with Crippen molar-refractivity contribution in [1.29, 1.82) is 0 Å². The SMILES string of the molecule is CCCOc1ccc(OCc2ccc(N)cc2OC)cc1. The summed E-state index contributed by atoms with van der Waals surface area (Å²) in [6, 6.07) is 13.1. The van der Waals surface area contributed by atoms with Crippen molar-refractivity contribution in [3.63, 3.8) is 0 Å². The van der Waals surface area contributed by atoms with Crippen LogP contribution in [-0.4, -0.2) is 13.7 Å². The molecule has 21 heavy (non-hydrogen) atoms. The van der Waals surface area contributed by atoms with Gasteiger partial charge < -0.3 is 19.9 Å². The van der Waals surface area contributed by atoms with Gasteiger partial charge in [0, 0.05) is 17.3 Å². The molecule has 0 saturated carbocycles. The summed E-state index contributed by atoms with van der Waals surface area (Å²) in [6.45, 7) is 3.24. The number of hydrogen-bond donors (Lipinski definition) is 1. The minimum absolute atomic E-state index is 0.429. The lowest BCUT2D eigenvalue weighted by atomic mass is 10.2. The first kappa shape index (κ1) is 15.0. The molecule has 0 saturated heterocycles. The van der Waals surface area contributed by atoms with Crippen LogP contribution in [0.15, 0.2) is 42.5 Å². The van der Waals surface area contributed by atoms with E-state index in [0.29, 0.717) is 12.3 Å². The van der Waals surface area contributed by atoms with Crippen molar-refractivity contribution in [1.82, 2.24) is 0 Å². The highest BCUT2D eigenvalue weighted by Crippen LogP contribution is 2.24. The fraction of sp³-hybridized carbons (Fsp3) is 0.294. The second kappa shape index (κ2) is 7.43. The predicted octanol–water partition coefficient (Wildman–Crippen LogP) is 3.65. The molecule has 4 heteroatoms. The Morgan fingerprint density at radius 2 is 1.62 bits per heavy atom. The summed E-state index contributed by atoms with van der Waals surface area (Å²) in [7, 11) is 1.62. The first-order valence-electron chi connectivity index (χ1n) is 7.01. The lowest BCUT2D eigenvalue weighted by Crippen LogP contribution is -2.00. The van der Waals surface area contributed by atoms with E-state index in [-0.39, 0.29) is 0 Å². The summed E-state index contributed by atoms with van der Waals surface area (Å²) < 4.78 is 16.6. The fourth-order valence-corrected chi connectivity index (χ4v) is 1.89. The molecule has 112 valence electrons. The normalized spacial score (nSPS) is 10.2. The highest BCUT2D eigenvalue weighted by molar-refractivity contribution is 5.48. The van der Waals surface area contributed by atoms with Gasteiger partial charge in [0.15, 0.2) is 0 Å². The number of ether oxygens (including phenoxy) is 3. The molecule has 0 heterocycles. The molecule has 0 atom stereocenters. The molecule has 0 fully saturated rings. The molecule has 0 radical (unpaired) electrons.